The first-order valence-corrected chi connectivity index (χ1v) is 12.3. The van der Waals surface area contributed by atoms with Crippen LogP contribution in [0.15, 0.2) is 66.7 Å². The van der Waals surface area contributed by atoms with E-state index in [1.165, 1.54) is 10.7 Å². The number of nitrogens with zero attached hydrogens (tertiary/aromatic N) is 3. The van der Waals surface area contributed by atoms with Gasteiger partial charge in [0.1, 0.15) is 17.4 Å². The lowest BCUT2D eigenvalue weighted by Gasteiger charge is -2.33. The van der Waals surface area contributed by atoms with Crippen molar-refractivity contribution in [1.82, 2.24) is 20.0 Å². The van der Waals surface area contributed by atoms with E-state index < -0.39 is 23.2 Å². The molecule has 0 saturated carbocycles. The molecule has 3 N–H and O–H groups in total. The van der Waals surface area contributed by atoms with Gasteiger partial charge in [-0.25, -0.2) is 4.39 Å². The summed E-state index contributed by atoms with van der Waals surface area (Å²) in [7, 11) is 0. The van der Waals surface area contributed by atoms with Gasteiger partial charge in [-0.15, -0.1) is 0 Å². The molecular weight excluding hydrogens is 469 g/mol. The zero-order valence-corrected chi connectivity index (χ0v) is 21.2. The van der Waals surface area contributed by atoms with Crippen LogP contribution in [-0.4, -0.2) is 32.5 Å². The lowest BCUT2D eigenvalue weighted by molar-refractivity contribution is -0.136. The number of hydrogen-bond acceptors (Lipinski definition) is 4. The quantitative estimate of drug-likeness (QED) is 0.396. The van der Waals surface area contributed by atoms with Crippen molar-refractivity contribution in [2.24, 2.45) is 5.41 Å². The average Bonchev–Trinajstić information content (AvgIpc) is 3.45. The predicted octanol–water partition coefficient (Wildman–Crippen LogP) is 4.49. The fraction of sp³-hybridized carbons (Fsp3) is 0.276. The molecule has 0 bridgehead atoms. The highest BCUT2D eigenvalue weighted by Gasteiger charge is 2.38. The Bertz CT molecular complexity index is 1460. The lowest BCUT2D eigenvalue weighted by atomic mass is 9.85. The van der Waals surface area contributed by atoms with Crippen LogP contribution in [0.2, 0.25) is 0 Å². The second-order valence-electron chi connectivity index (χ2n) is 10.6. The molecule has 37 heavy (non-hydrogen) atoms. The van der Waals surface area contributed by atoms with Gasteiger partial charge in [0.15, 0.2) is 5.69 Å². The van der Waals surface area contributed by atoms with Crippen molar-refractivity contribution >= 4 is 28.4 Å². The van der Waals surface area contributed by atoms with Crippen LogP contribution in [0.5, 0.6) is 0 Å². The molecule has 1 aliphatic rings. The van der Waals surface area contributed by atoms with E-state index in [9.17, 15) is 14.0 Å². The van der Waals surface area contributed by atoms with Gasteiger partial charge in [-0.1, -0.05) is 69.3 Å². The smallest absolute Gasteiger partial charge is 0.273 e. The van der Waals surface area contributed by atoms with Gasteiger partial charge in [-0.2, -0.15) is 5.10 Å². The van der Waals surface area contributed by atoms with E-state index in [4.69, 9.17) is 5.73 Å². The number of nitrogens with two attached hydrogens (primary N) is 1. The van der Waals surface area contributed by atoms with Crippen molar-refractivity contribution in [3.05, 3.63) is 94.9 Å². The number of hydrogen-bond donors (Lipinski definition) is 2. The number of carbonyl (C=O) groups is 2. The van der Waals surface area contributed by atoms with E-state index >= 15 is 0 Å². The molecule has 1 aromatic heterocycles. The topological polar surface area (TPSA) is 93.2 Å². The summed E-state index contributed by atoms with van der Waals surface area (Å²) in [6, 6.07) is 18.9. The van der Waals surface area contributed by atoms with E-state index in [2.05, 4.69) is 10.4 Å². The summed E-state index contributed by atoms with van der Waals surface area (Å²) in [4.78, 5) is 29.0. The summed E-state index contributed by atoms with van der Waals surface area (Å²) >= 11 is 0. The number of nitrogen functional groups attached to an aromatic ring is 1. The molecule has 2 heterocycles. The number of fused-ring (bicyclic) bond motifs is 2. The van der Waals surface area contributed by atoms with Gasteiger partial charge in [0.05, 0.1) is 6.54 Å². The number of anilines is 1. The molecule has 0 saturated heterocycles. The fourth-order valence-electron chi connectivity index (χ4n) is 4.79. The maximum atomic E-state index is 14.9. The molecule has 8 heteroatoms. The van der Waals surface area contributed by atoms with Crippen molar-refractivity contribution in [3.8, 4) is 0 Å². The van der Waals surface area contributed by atoms with Gasteiger partial charge in [0.2, 0.25) is 5.91 Å². The van der Waals surface area contributed by atoms with Gasteiger partial charge < -0.3 is 16.0 Å². The molecule has 0 aliphatic carbocycles. The first-order valence-electron chi connectivity index (χ1n) is 12.3. The first kappa shape index (κ1) is 24.5. The minimum Gasteiger partial charge on any atom is -0.399 e. The second kappa shape index (κ2) is 9.35. The van der Waals surface area contributed by atoms with E-state index in [1.807, 2.05) is 57.2 Å². The van der Waals surface area contributed by atoms with E-state index in [1.54, 1.807) is 29.2 Å². The Labute approximate surface area is 215 Å². The van der Waals surface area contributed by atoms with Gasteiger partial charge in [0.25, 0.3) is 5.91 Å². The number of nitrogens with one attached hydrogen (secondary N) is 1. The number of halogens is 1. The summed E-state index contributed by atoms with van der Waals surface area (Å²) < 4.78 is 16.4. The number of aromatic nitrogens is 2. The molecule has 7 nitrogen and oxygen atoms in total. The van der Waals surface area contributed by atoms with Gasteiger partial charge in [-0.05, 0) is 40.3 Å². The summed E-state index contributed by atoms with van der Waals surface area (Å²) in [5.41, 5.74) is 9.25. The minimum atomic E-state index is -0.792. The maximum absolute atomic E-state index is 14.9. The summed E-state index contributed by atoms with van der Waals surface area (Å²) in [6.07, 6.45) is 0. The zero-order valence-electron chi connectivity index (χ0n) is 21.2. The molecule has 1 atom stereocenters. The minimum absolute atomic E-state index is 0.0803. The maximum Gasteiger partial charge on any atom is 0.273 e. The van der Waals surface area contributed by atoms with Crippen LogP contribution in [-0.2, 0) is 24.4 Å². The number of para-hydroxylation sites is 1. The molecule has 0 fully saturated rings. The Morgan fingerprint density at radius 3 is 2.27 bits per heavy atom. The molecule has 3 aromatic carbocycles. The van der Waals surface area contributed by atoms with Crippen molar-refractivity contribution in [2.45, 2.75) is 46.4 Å². The second-order valence-corrected chi connectivity index (χ2v) is 10.6. The van der Waals surface area contributed by atoms with Crippen LogP contribution in [0.25, 0.3) is 10.9 Å². The van der Waals surface area contributed by atoms with Crippen LogP contribution < -0.4 is 11.1 Å². The Hall–Kier alpha value is -4.20. The third-order valence-corrected chi connectivity index (χ3v) is 6.79. The normalized spacial score (nSPS) is 14.0. The average molecular weight is 500 g/mol. The Balaban J connectivity index is 1.44. The van der Waals surface area contributed by atoms with Crippen LogP contribution in [0.1, 0.15) is 48.0 Å². The van der Waals surface area contributed by atoms with Gasteiger partial charge in [0, 0.05) is 24.2 Å². The summed E-state index contributed by atoms with van der Waals surface area (Å²) in [5.74, 6) is -1.15. The molecule has 1 aliphatic heterocycles. The van der Waals surface area contributed by atoms with E-state index in [0.29, 0.717) is 24.2 Å². The van der Waals surface area contributed by atoms with E-state index in [0.717, 1.165) is 16.7 Å². The summed E-state index contributed by atoms with van der Waals surface area (Å²) in [6.45, 7) is 7.01. The van der Waals surface area contributed by atoms with Gasteiger partial charge >= 0.3 is 0 Å². The predicted molar refractivity (Wildman–Crippen MR) is 141 cm³/mol. The number of rotatable bonds is 5. The largest absolute Gasteiger partial charge is 0.399 e. The third-order valence-electron chi connectivity index (χ3n) is 6.79. The highest BCUT2D eigenvalue weighted by atomic mass is 19.1. The highest BCUT2D eigenvalue weighted by Crippen LogP contribution is 2.29. The molecule has 5 rings (SSSR count). The van der Waals surface area contributed by atoms with Crippen LogP contribution in [0.3, 0.4) is 0 Å². The standard InChI is InChI=1S/C29H30FN5O2/c1-29(2,3)26(28(37)34-16-19-7-4-5-8-20(19)17-34)32-27(36)24-22-9-6-10-23(30)25(22)35(33-24)15-18-11-13-21(31)14-12-18/h4-14,26H,15-17,31H2,1-3H3,(H,32,36). The van der Waals surface area contributed by atoms with Crippen LogP contribution in [0, 0.1) is 11.2 Å². The number of carbonyl (C=O) groups excluding carboxylic acids is 2. The molecule has 1 unspecified atom stereocenters. The molecule has 190 valence electrons. The Kier molecular flexibility index (Phi) is 6.19. The molecule has 4 aromatic rings. The Morgan fingerprint density at radius 1 is 1.00 bits per heavy atom. The van der Waals surface area contributed by atoms with Gasteiger partial charge in [-0.3, -0.25) is 14.3 Å². The monoisotopic (exact) mass is 499 g/mol. The first-order chi connectivity index (χ1) is 17.6. The SMILES string of the molecule is CC(C)(C)C(NC(=O)c1nn(Cc2ccc(N)cc2)c2c(F)cccc12)C(=O)N1Cc2ccccc2C1. The highest BCUT2D eigenvalue weighted by molar-refractivity contribution is 6.06. The van der Waals surface area contributed by atoms with Crippen molar-refractivity contribution < 1.29 is 14.0 Å². The van der Waals surface area contributed by atoms with Crippen molar-refractivity contribution in [2.75, 3.05) is 5.73 Å². The molecule has 0 radical (unpaired) electrons. The van der Waals surface area contributed by atoms with Crippen LogP contribution in [0.4, 0.5) is 10.1 Å². The Morgan fingerprint density at radius 2 is 1.65 bits per heavy atom. The van der Waals surface area contributed by atoms with Crippen LogP contribution >= 0.6 is 0 Å². The number of benzene rings is 3. The molecular formula is C29H30FN5O2. The van der Waals surface area contributed by atoms with E-state index in [-0.39, 0.29) is 23.7 Å². The third kappa shape index (κ3) is 4.79. The molecule has 2 amide bonds. The summed E-state index contributed by atoms with van der Waals surface area (Å²) in [5, 5.41) is 7.82. The number of amides is 2. The molecule has 0 spiro atoms. The fourth-order valence-corrected chi connectivity index (χ4v) is 4.79. The zero-order chi connectivity index (χ0) is 26.3. The van der Waals surface area contributed by atoms with Crippen molar-refractivity contribution in [1.29, 1.82) is 0 Å². The lowest BCUT2D eigenvalue weighted by Crippen LogP contribution is -2.53. The van der Waals surface area contributed by atoms with Crippen molar-refractivity contribution in [3.63, 3.8) is 0 Å².